The Balaban J connectivity index is 2.35. The van der Waals surface area contributed by atoms with Crippen LogP contribution in [0.1, 0.15) is 31.0 Å². The summed E-state index contributed by atoms with van der Waals surface area (Å²) in [5, 5.41) is 0. The van der Waals surface area contributed by atoms with Crippen molar-refractivity contribution in [3.05, 3.63) is 47.7 Å². The molecule has 1 heterocycles. The number of aromatic nitrogens is 1. The van der Waals surface area contributed by atoms with E-state index in [9.17, 15) is 0 Å². The van der Waals surface area contributed by atoms with E-state index in [0.29, 0.717) is 17.4 Å². The van der Waals surface area contributed by atoms with Crippen molar-refractivity contribution in [2.24, 2.45) is 5.73 Å². The number of hydrogen-bond donors (Lipinski definition) is 1. The summed E-state index contributed by atoms with van der Waals surface area (Å²) in [7, 11) is 1.63. The molecular formula is C16H20N2O2. The van der Waals surface area contributed by atoms with Gasteiger partial charge in [0.2, 0.25) is 5.88 Å². The first-order chi connectivity index (χ1) is 9.65. The Labute approximate surface area is 119 Å². The van der Waals surface area contributed by atoms with E-state index < -0.39 is 0 Å². The maximum absolute atomic E-state index is 5.93. The predicted octanol–water partition coefficient (Wildman–Crippen LogP) is 3.46. The van der Waals surface area contributed by atoms with Crippen LogP contribution in [-0.4, -0.2) is 12.1 Å². The first kappa shape index (κ1) is 14.3. The van der Waals surface area contributed by atoms with E-state index in [1.165, 1.54) is 5.56 Å². The van der Waals surface area contributed by atoms with Crippen LogP contribution < -0.4 is 15.2 Å². The van der Waals surface area contributed by atoms with Gasteiger partial charge in [-0.25, -0.2) is 4.98 Å². The molecule has 0 unspecified atom stereocenters. The van der Waals surface area contributed by atoms with Gasteiger partial charge in [0.15, 0.2) is 11.5 Å². The number of aryl methyl sites for hydroxylation is 1. The lowest BCUT2D eigenvalue weighted by atomic mass is 10.1. The van der Waals surface area contributed by atoms with E-state index in [-0.39, 0.29) is 6.04 Å². The number of rotatable bonds is 5. The number of hydrogen-bond acceptors (Lipinski definition) is 4. The van der Waals surface area contributed by atoms with Gasteiger partial charge in [0.1, 0.15) is 0 Å². The molecule has 2 aromatic rings. The largest absolute Gasteiger partial charge is 0.493 e. The molecule has 0 aliphatic heterocycles. The highest BCUT2D eigenvalue weighted by atomic mass is 16.5. The predicted molar refractivity (Wildman–Crippen MR) is 79.3 cm³/mol. The van der Waals surface area contributed by atoms with Crippen LogP contribution in [0.2, 0.25) is 0 Å². The summed E-state index contributed by atoms with van der Waals surface area (Å²) in [5.74, 6) is 1.86. The molecule has 0 saturated carbocycles. The number of methoxy groups -OCH3 is 1. The van der Waals surface area contributed by atoms with Crippen LogP contribution in [0.4, 0.5) is 0 Å². The van der Waals surface area contributed by atoms with Crippen molar-refractivity contribution < 1.29 is 9.47 Å². The van der Waals surface area contributed by atoms with E-state index in [1.54, 1.807) is 13.3 Å². The quantitative estimate of drug-likeness (QED) is 0.905. The van der Waals surface area contributed by atoms with Crippen molar-refractivity contribution in [1.29, 1.82) is 0 Å². The Bertz CT molecular complexity index is 582. The Morgan fingerprint density at radius 3 is 2.70 bits per heavy atom. The molecule has 0 bridgehead atoms. The van der Waals surface area contributed by atoms with Crippen molar-refractivity contribution in [1.82, 2.24) is 4.98 Å². The van der Waals surface area contributed by atoms with Crippen molar-refractivity contribution in [2.75, 3.05) is 7.11 Å². The minimum absolute atomic E-state index is 0.139. The van der Waals surface area contributed by atoms with Gasteiger partial charge in [-0.3, -0.25) is 0 Å². The average molecular weight is 272 g/mol. The third kappa shape index (κ3) is 3.08. The minimum atomic E-state index is -0.139. The molecule has 1 atom stereocenters. The third-order valence-electron chi connectivity index (χ3n) is 3.13. The van der Waals surface area contributed by atoms with Gasteiger partial charge in [-0.2, -0.15) is 0 Å². The highest BCUT2D eigenvalue weighted by Crippen LogP contribution is 2.34. The molecule has 4 nitrogen and oxygen atoms in total. The molecule has 1 aromatic heterocycles. The fourth-order valence-electron chi connectivity index (χ4n) is 1.96. The number of benzene rings is 1. The van der Waals surface area contributed by atoms with Gasteiger partial charge in [-0.15, -0.1) is 0 Å². The molecule has 1 aromatic carbocycles. The van der Waals surface area contributed by atoms with Crippen molar-refractivity contribution in [3.8, 4) is 17.4 Å². The molecule has 0 aliphatic carbocycles. The molecule has 20 heavy (non-hydrogen) atoms. The molecule has 0 fully saturated rings. The zero-order valence-electron chi connectivity index (χ0n) is 12.1. The highest BCUT2D eigenvalue weighted by molar-refractivity contribution is 5.45. The van der Waals surface area contributed by atoms with Gasteiger partial charge in [0, 0.05) is 17.8 Å². The van der Waals surface area contributed by atoms with Crippen LogP contribution in [-0.2, 0) is 6.42 Å². The van der Waals surface area contributed by atoms with Crippen molar-refractivity contribution in [3.63, 3.8) is 0 Å². The topological polar surface area (TPSA) is 57.4 Å². The zero-order chi connectivity index (χ0) is 14.5. The minimum Gasteiger partial charge on any atom is -0.493 e. The van der Waals surface area contributed by atoms with Gasteiger partial charge >= 0.3 is 0 Å². The van der Waals surface area contributed by atoms with Crippen molar-refractivity contribution in [2.45, 2.75) is 26.3 Å². The van der Waals surface area contributed by atoms with E-state index in [0.717, 1.165) is 12.0 Å². The molecule has 0 amide bonds. The number of pyridine rings is 1. The molecular weight excluding hydrogens is 252 g/mol. The van der Waals surface area contributed by atoms with E-state index >= 15 is 0 Å². The van der Waals surface area contributed by atoms with Crippen LogP contribution in [0.3, 0.4) is 0 Å². The normalized spacial score (nSPS) is 12.0. The Kier molecular flexibility index (Phi) is 4.58. The van der Waals surface area contributed by atoms with Crippen LogP contribution in [0, 0.1) is 0 Å². The Morgan fingerprint density at radius 2 is 2.05 bits per heavy atom. The fraction of sp³-hybridized carbons (Fsp3) is 0.312. The summed E-state index contributed by atoms with van der Waals surface area (Å²) in [6.45, 7) is 4.00. The summed E-state index contributed by atoms with van der Waals surface area (Å²) in [5.41, 5.74) is 8.00. The summed E-state index contributed by atoms with van der Waals surface area (Å²) in [4.78, 5) is 4.26. The van der Waals surface area contributed by atoms with Gasteiger partial charge in [0.05, 0.1) is 7.11 Å². The fourth-order valence-corrected chi connectivity index (χ4v) is 1.96. The molecule has 2 N–H and O–H groups in total. The summed E-state index contributed by atoms with van der Waals surface area (Å²) in [6.07, 6.45) is 2.64. The summed E-state index contributed by atoms with van der Waals surface area (Å²) < 4.78 is 11.3. The molecule has 0 radical (unpaired) electrons. The lowest BCUT2D eigenvalue weighted by Crippen LogP contribution is -2.07. The second-order valence-corrected chi connectivity index (χ2v) is 4.63. The number of ether oxygens (including phenoxy) is 2. The zero-order valence-corrected chi connectivity index (χ0v) is 12.1. The second kappa shape index (κ2) is 6.39. The number of nitrogens with zero attached hydrogens (tertiary/aromatic N) is 1. The van der Waals surface area contributed by atoms with Crippen LogP contribution in [0.5, 0.6) is 17.4 Å². The maximum Gasteiger partial charge on any atom is 0.224 e. The summed E-state index contributed by atoms with van der Waals surface area (Å²) in [6, 6.07) is 9.52. The van der Waals surface area contributed by atoms with Crippen LogP contribution >= 0.6 is 0 Å². The van der Waals surface area contributed by atoms with Crippen LogP contribution in [0.15, 0.2) is 36.5 Å². The molecule has 2 rings (SSSR count). The van der Waals surface area contributed by atoms with E-state index in [2.05, 4.69) is 11.9 Å². The molecule has 4 heteroatoms. The molecule has 0 saturated heterocycles. The van der Waals surface area contributed by atoms with Crippen LogP contribution in [0.25, 0.3) is 0 Å². The Hall–Kier alpha value is -2.07. The SMILES string of the molecule is CCc1ccc(Oc2ncccc2[C@@H](C)N)c(OC)c1. The van der Waals surface area contributed by atoms with Gasteiger partial charge in [-0.1, -0.05) is 19.1 Å². The van der Waals surface area contributed by atoms with Gasteiger partial charge < -0.3 is 15.2 Å². The standard InChI is InChI=1S/C16H20N2O2/c1-4-12-7-8-14(15(10-12)19-3)20-16-13(11(2)17)6-5-9-18-16/h5-11H,4,17H2,1-3H3/t11-/m1/s1. The lowest BCUT2D eigenvalue weighted by Gasteiger charge is -2.14. The van der Waals surface area contributed by atoms with Gasteiger partial charge in [0.25, 0.3) is 0 Å². The monoisotopic (exact) mass is 272 g/mol. The first-order valence-corrected chi connectivity index (χ1v) is 6.71. The molecule has 0 aliphatic rings. The first-order valence-electron chi connectivity index (χ1n) is 6.71. The smallest absolute Gasteiger partial charge is 0.224 e. The molecule has 0 spiro atoms. The third-order valence-corrected chi connectivity index (χ3v) is 3.13. The Morgan fingerprint density at radius 1 is 1.25 bits per heavy atom. The van der Waals surface area contributed by atoms with E-state index in [4.69, 9.17) is 15.2 Å². The lowest BCUT2D eigenvalue weighted by molar-refractivity contribution is 0.371. The number of nitrogens with two attached hydrogens (primary N) is 1. The summed E-state index contributed by atoms with van der Waals surface area (Å²) >= 11 is 0. The highest BCUT2D eigenvalue weighted by Gasteiger charge is 2.12. The maximum atomic E-state index is 5.93. The molecule has 106 valence electrons. The average Bonchev–Trinajstić information content (AvgIpc) is 2.48. The van der Waals surface area contributed by atoms with E-state index in [1.807, 2.05) is 37.3 Å². The van der Waals surface area contributed by atoms with Crippen molar-refractivity contribution >= 4 is 0 Å². The van der Waals surface area contributed by atoms with Gasteiger partial charge in [-0.05, 0) is 37.1 Å². The second-order valence-electron chi connectivity index (χ2n) is 4.63.